The number of hydrogen-bond donors (Lipinski definition) is 3. The first-order chi connectivity index (χ1) is 5.63. The van der Waals surface area contributed by atoms with Gasteiger partial charge in [-0.1, -0.05) is 0 Å². The van der Waals surface area contributed by atoms with Gasteiger partial charge in [-0.25, -0.2) is 0 Å². The fourth-order valence-electron chi connectivity index (χ4n) is 0.544. The Labute approximate surface area is 74.6 Å². The molecule has 0 amide bonds. The molecule has 5 nitrogen and oxygen atoms in total. The van der Waals surface area contributed by atoms with Crippen molar-refractivity contribution >= 4 is 18.3 Å². The largest absolute Gasteiger partial charge is 0.388 e. The summed E-state index contributed by atoms with van der Waals surface area (Å²) in [5, 5.41) is 26.8. The summed E-state index contributed by atoms with van der Waals surface area (Å²) in [5.74, 6) is 0. The molecule has 0 radical (unpaired) electrons. The maximum Gasteiger partial charge on any atom is 0.151 e. The van der Waals surface area contributed by atoms with Crippen LogP contribution in [0.4, 0.5) is 0 Å². The van der Waals surface area contributed by atoms with E-state index in [1.807, 2.05) is 0 Å². The molecule has 6 heteroatoms. The summed E-state index contributed by atoms with van der Waals surface area (Å²) in [4.78, 5) is 9.96. The lowest BCUT2D eigenvalue weighted by atomic mass is 10.1. The first-order valence-corrected chi connectivity index (χ1v) is 4.43. The van der Waals surface area contributed by atoms with Crippen molar-refractivity contribution in [2.24, 2.45) is 0 Å². The summed E-state index contributed by atoms with van der Waals surface area (Å²) >= 11 is 1.03. The molecule has 0 aromatic rings. The van der Waals surface area contributed by atoms with Gasteiger partial charge in [-0.3, -0.25) is 0 Å². The van der Waals surface area contributed by atoms with E-state index in [2.05, 4.69) is 0 Å². The maximum atomic E-state index is 9.96. The summed E-state index contributed by atoms with van der Waals surface area (Å²) in [7, 11) is 0. The molecule has 0 spiro atoms. The van der Waals surface area contributed by atoms with Gasteiger partial charge in [0.05, 0.1) is 6.61 Å². The SMILES string of the molecule is CSOCC(O)C(O)C(O)C=O. The lowest BCUT2D eigenvalue weighted by Gasteiger charge is -2.18. The molecule has 0 aliphatic carbocycles. The van der Waals surface area contributed by atoms with Crippen LogP contribution < -0.4 is 0 Å². The van der Waals surface area contributed by atoms with Gasteiger partial charge in [0.15, 0.2) is 6.29 Å². The Bertz CT molecular complexity index is 131. The van der Waals surface area contributed by atoms with Gasteiger partial charge < -0.3 is 24.3 Å². The van der Waals surface area contributed by atoms with E-state index < -0.39 is 18.3 Å². The number of aliphatic hydroxyl groups is 3. The Morgan fingerprint density at radius 2 is 2.08 bits per heavy atom. The van der Waals surface area contributed by atoms with Crippen molar-refractivity contribution in [3.05, 3.63) is 0 Å². The van der Waals surface area contributed by atoms with Gasteiger partial charge in [0, 0.05) is 6.26 Å². The Morgan fingerprint density at radius 1 is 1.50 bits per heavy atom. The van der Waals surface area contributed by atoms with Gasteiger partial charge >= 0.3 is 0 Å². The maximum absolute atomic E-state index is 9.96. The van der Waals surface area contributed by atoms with E-state index in [0.29, 0.717) is 0 Å². The van der Waals surface area contributed by atoms with Crippen LogP contribution in [0.1, 0.15) is 0 Å². The molecular formula is C6H12O5S. The van der Waals surface area contributed by atoms with Gasteiger partial charge in [0.1, 0.15) is 18.3 Å². The normalized spacial score (nSPS) is 18.3. The number of carbonyl (C=O) groups excluding carboxylic acids is 1. The zero-order chi connectivity index (χ0) is 9.56. The zero-order valence-corrected chi connectivity index (χ0v) is 7.40. The molecule has 0 aliphatic rings. The molecule has 3 N–H and O–H groups in total. The summed E-state index contributed by atoms with van der Waals surface area (Å²) < 4.78 is 4.69. The summed E-state index contributed by atoms with van der Waals surface area (Å²) in [5.41, 5.74) is 0. The second-order valence-corrected chi connectivity index (χ2v) is 2.70. The summed E-state index contributed by atoms with van der Waals surface area (Å²) in [6.07, 6.45) is -2.50. The van der Waals surface area contributed by atoms with Gasteiger partial charge in [0.2, 0.25) is 0 Å². The highest BCUT2D eigenvalue weighted by atomic mass is 32.2. The fraction of sp³-hybridized carbons (Fsp3) is 0.833. The van der Waals surface area contributed by atoms with E-state index in [1.165, 1.54) is 0 Å². The molecule has 0 saturated heterocycles. The van der Waals surface area contributed by atoms with Crippen molar-refractivity contribution in [1.29, 1.82) is 0 Å². The van der Waals surface area contributed by atoms with E-state index in [1.54, 1.807) is 6.26 Å². The van der Waals surface area contributed by atoms with Gasteiger partial charge in [-0.2, -0.15) is 0 Å². The number of aldehydes is 1. The first kappa shape index (κ1) is 11.9. The molecule has 0 bridgehead atoms. The molecule has 0 aliphatic heterocycles. The highest BCUT2D eigenvalue weighted by Gasteiger charge is 2.24. The van der Waals surface area contributed by atoms with Crippen LogP contribution in [0.25, 0.3) is 0 Å². The lowest BCUT2D eigenvalue weighted by molar-refractivity contribution is -0.127. The van der Waals surface area contributed by atoms with Crippen LogP contribution in [0, 0.1) is 0 Å². The van der Waals surface area contributed by atoms with Crippen LogP contribution in [0.2, 0.25) is 0 Å². The average Bonchev–Trinajstić information content (AvgIpc) is 2.11. The highest BCUT2D eigenvalue weighted by Crippen LogP contribution is 2.03. The van der Waals surface area contributed by atoms with Crippen molar-refractivity contribution in [3.63, 3.8) is 0 Å². The van der Waals surface area contributed by atoms with Crippen LogP contribution in [0.3, 0.4) is 0 Å². The van der Waals surface area contributed by atoms with E-state index in [9.17, 15) is 4.79 Å². The predicted molar refractivity (Wildman–Crippen MR) is 43.6 cm³/mol. The highest BCUT2D eigenvalue weighted by molar-refractivity contribution is 7.93. The number of rotatable bonds is 6. The van der Waals surface area contributed by atoms with Crippen molar-refractivity contribution in [3.8, 4) is 0 Å². The summed E-state index contributed by atoms with van der Waals surface area (Å²) in [6, 6.07) is 0. The van der Waals surface area contributed by atoms with Crippen molar-refractivity contribution in [2.75, 3.05) is 12.9 Å². The molecule has 72 valence electrons. The Kier molecular flexibility index (Phi) is 6.31. The molecule has 0 aromatic carbocycles. The minimum Gasteiger partial charge on any atom is -0.388 e. The molecule has 0 aromatic heterocycles. The number of hydrogen-bond acceptors (Lipinski definition) is 6. The zero-order valence-electron chi connectivity index (χ0n) is 6.58. The van der Waals surface area contributed by atoms with Crippen LogP contribution in [0.15, 0.2) is 0 Å². The fourth-order valence-corrected chi connectivity index (χ4v) is 0.820. The Hall–Kier alpha value is -0.140. The van der Waals surface area contributed by atoms with Crippen LogP contribution >= 0.6 is 12.0 Å². The quantitative estimate of drug-likeness (QED) is 0.356. The van der Waals surface area contributed by atoms with Gasteiger partial charge in [-0.15, -0.1) is 0 Å². The smallest absolute Gasteiger partial charge is 0.151 e. The third-order valence-corrected chi connectivity index (χ3v) is 1.61. The van der Waals surface area contributed by atoms with Crippen molar-refractivity contribution < 1.29 is 24.3 Å². The van der Waals surface area contributed by atoms with Gasteiger partial charge in [0.25, 0.3) is 0 Å². The van der Waals surface area contributed by atoms with Crippen LogP contribution in [0.5, 0.6) is 0 Å². The van der Waals surface area contributed by atoms with Crippen LogP contribution in [-0.4, -0.2) is 52.8 Å². The van der Waals surface area contributed by atoms with Crippen molar-refractivity contribution in [1.82, 2.24) is 0 Å². The third-order valence-electron chi connectivity index (χ3n) is 1.24. The first-order valence-electron chi connectivity index (χ1n) is 3.28. The van der Waals surface area contributed by atoms with E-state index >= 15 is 0 Å². The molecular weight excluding hydrogens is 184 g/mol. The van der Waals surface area contributed by atoms with Crippen LogP contribution in [-0.2, 0) is 8.98 Å². The number of carbonyl (C=O) groups is 1. The molecule has 0 heterocycles. The third kappa shape index (κ3) is 4.03. The monoisotopic (exact) mass is 196 g/mol. The van der Waals surface area contributed by atoms with Gasteiger partial charge in [-0.05, 0) is 12.0 Å². The molecule has 0 rings (SSSR count). The minimum atomic E-state index is -1.56. The molecule has 0 saturated carbocycles. The van der Waals surface area contributed by atoms with E-state index in [-0.39, 0.29) is 12.9 Å². The van der Waals surface area contributed by atoms with E-state index in [0.717, 1.165) is 12.0 Å². The Morgan fingerprint density at radius 3 is 2.50 bits per heavy atom. The second-order valence-electron chi connectivity index (χ2n) is 2.14. The summed E-state index contributed by atoms with van der Waals surface area (Å²) in [6.45, 7) is -0.132. The number of aliphatic hydroxyl groups excluding tert-OH is 3. The second kappa shape index (κ2) is 6.38. The lowest BCUT2D eigenvalue weighted by Crippen LogP contribution is -2.40. The molecule has 12 heavy (non-hydrogen) atoms. The average molecular weight is 196 g/mol. The van der Waals surface area contributed by atoms with Crippen molar-refractivity contribution in [2.45, 2.75) is 18.3 Å². The van der Waals surface area contributed by atoms with E-state index in [4.69, 9.17) is 19.5 Å². The minimum absolute atomic E-state index is 0.132. The molecule has 0 fully saturated rings. The Balaban J connectivity index is 3.74. The standard InChI is InChI=1S/C6H12O5S/c1-12-11-3-5(9)6(10)4(8)2-7/h2,4-6,8-10H,3H2,1H3. The predicted octanol–water partition coefficient (Wildman–Crippen LogP) is -1.44. The molecule has 3 atom stereocenters. The molecule has 3 unspecified atom stereocenters. The topological polar surface area (TPSA) is 87.0 Å².